The van der Waals surface area contributed by atoms with Crippen LogP contribution in [0.2, 0.25) is 0 Å². The summed E-state index contributed by atoms with van der Waals surface area (Å²) in [5.41, 5.74) is 1.04. The zero-order chi connectivity index (χ0) is 21.8. The highest BCUT2D eigenvalue weighted by Gasteiger charge is 2.20. The van der Waals surface area contributed by atoms with Crippen LogP contribution in [-0.2, 0) is 16.1 Å². The van der Waals surface area contributed by atoms with Crippen LogP contribution in [0.5, 0.6) is 0 Å². The molecular weight excluding hydrogens is 392 g/mol. The monoisotopic (exact) mass is 410 g/mol. The zero-order valence-electron chi connectivity index (χ0n) is 16.2. The molecular formula is C20H18N4O6. The predicted molar refractivity (Wildman–Crippen MR) is 106 cm³/mol. The van der Waals surface area contributed by atoms with Crippen LogP contribution in [0.3, 0.4) is 0 Å². The molecule has 30 heavy (non-hydrogen) atoms. The zero-order valence-corrected chi connectivity index (χ0v) is 16.2. The van der Waals surface area contributed by atoms with E-state index in [-0.39, 0.29) is 29.1 Å². The van der Waals surface area contributed by atoms with Gasteiger partial charge in [0.15, 0.2) is 0 Å². The lowest BCUT2D eigenvalue weighted by atomic mass is 10.2. The number of aromatic nitrogens is 2. The SMILES string of the molecule is Cc1cccn2c(=O)cc(COC(=O)[C@H](C)NC(=O)c3cccc([N+](=O)[O-])c3)nc12. The van der Waals surface area contributed by atoms with E-state index in [1.165, 1.54) is 35.6 Å². The Morgan fingerprint density at radius 1 is 1.27 bits per heavy atom. The van der Waals surface area contributed by atoms with Gasteiger partial charge in [0.05, 0.1) is 10.6 Å². The number of hydrogen-bond donors (Lipinski definition) is 1. The number of non-ortho nitro benzene ring substituents is 1. The quantitative estimate of drug-likeness (QED) is 0.372. The second-order valence-electron chi connectivity index (χ2n) is 6.58. The van der Waals surface area contributed by atoms with E-state index in [0.717, 1.165) is 11.6 Å². The first-order chi connectivity index (χ1) is 14.3. The van der Waals surface area contributed by atoms with E-state index in [1.807, 2.05) is 13.0 Å². The lowest BCUT2D eigenvalue weighted by molar-refractivity contribution is -0.384. The summed E-state index contributed by atoms with van der Waals surface area (Å²) in [6.07, 6.45) is 1.60. The smallest absolute Gasteiger partial charge is 0.328 e. The number of aryl methyl sites for hydroxylation is 1. The van der Waals surface area contributed by atoms with Gasteiger partial charge in [-0.25, -0.2) is 9.78 Å². The molecule has 2 aromatic heterocycles. The second kappa shape index (κ2) is 8.52. The highest BCUT2D eigenvalue weighted by molar-refractivity contribution is 5.97. The number of ether oxygens (including phenoxy) is 1. The van der Waals surface area contributed by atoms with Gasteiger partial charge in [-0.15, -0.1) is 0 Å². The third kappa shape index (κ3) is 4.49. The van der Waals surface area contributed by atoms with E-state index < -0.39 is 22.8 Å². The largest absolute Gasteiger partial charge is 0.458 e. The number of pyridine rings is 1. The van der Waals surface area contributed by atoms with Crippen LogP contribution in [0.25, 0.3) is 5.65 Å². The number of nitro groups is 1. The number of nitrogens with one attached hydrogen (secondary N) is 1. The highest BCUT2D eigenvalue weighted by atomic mass is 16.6. The van der Waals surface area contributed by atoms with Gasteiger partial charge >= 0.3 is 5.97 Å². The summed E-state index contributed by atoms with van der Waals surface area (Å²) in [5.74, 6) is -1.39. The standard InChI is InChI=1S/C20H18N4O6/c1-12-5-4-8-23-17(25)10-15(22-18(12)23)11-30-20(27)13(2)21-19(26)14-6-3-7-16(9-14)24(28)29/h3-10,13H,11H2,1-2H3,(H,21,26)/t13-/m0/s1. The van der Waals surface area contributed by atoms with Crippen LogP contribution in [0, 0.1) is 17.0 Å². The summed E-state index contributed by atoms with van der Waals surface area (Å²) in [6, 6.07) is 8.95. The van der Waals surface area contributed by atoms with Crippen molar-refractivity contribution in [3.8, 4) is 0 Å². The maximum atomic E-state index is 12.2. The van der Waals surface area contributed by atoms with E-state index in [0.29, 0.717) is 5.65 Å². The van der Waals surface area contributed by atoms with Crippen molar-refractivity contribution in [3.05, 3.63) is 86.0 Å². The summed E-state index contributed by atoms with van der Waals surface area (Å²) in [6.45, 7) is 2.99. The van der Waals surface area contributed by atoms with E-state index in [4.69, 9.17) is 4.74 Å². The summed E-state index contributed by atoms with van der Waals surface area (Å²) in [4.78, 5) is 51.2. The van der Waals surface area contributed by atoms with Gasteiger partial charge in [-0.2, -0.15) is 0 Å². The van der Waals surface area contributed by atoms with Crippen LogP contribution in [0.4, 0.5) is 5.69 Å². The molecule has 0 saturated carbocycles. The Labute approximate surface area is 170 Å². The Kier molecular flexibility index (Phi) is 5.86. The molecule has 0 aliphatic carbocycles. The molecule has 3 aromatic rings. The minimum absolute atomic E-state index is 0.0449. The van der Waals surface area contributed by atoms with Gasteiger partial charge in [0.2, 0.25) is 0 Å². The molecule has 1 N–H and O–H groups in total. The summed E-state index contributed by atoms with van der Waals surface area (Å²) >= 11 is 0. The molecule has 0 spiro atoms. The number of fused-ring (bicyclic) bond motifs is 1. The summed E-state index contributed by atoms with van der Waals surface area (Å²) in [7, 11) is 0. The van der Waals surface area contributed by atoms with Gasteiger partial charge in [-0.05, 0) is 31.5 Å². The second-order valence-corrected chi connectivity index (χ2v) is 6.58. The molecule has 1 aromatic carbocycles. The lowest BCUT2D eigenvalue weighted by Crippen LogP contribution is -2.39. The van der Waals surface area contributed by atoms with Crippen molar-refractivity contribution in [1.29, 1.82) is 0 Å². The van der Waals surface area contributed by atoms with Gasteiger partial charge in [-0.1, -0.05) is 12.1 Å². The Balaban J connectivity index is 1.65. The van der Waals surface area contributed by atoms with Crippen molar-refractivity contribution in [2.45, 2.75) is 26.5 Å². The number of rotatable bonds is 6. The van der Waals surface area contributed by atoms with Crippen LogP contribution in [0.1, 0.15) is 28.5 Å². The van der Waals surface area contributed by atoms with E-state index in [9.17, 15) is 24.5 Å². The number of carbonyl (C=O) groups excluding carboxylic acids is 2. The molecule has 2 heterocycles. The average molecular weight is 410 g/mol. The Morgan fingerprint density at radius 2 is 2.03 bits per heavy atom. The van der Waals surface area contributed by atoms with E-state index in [1.54, 1.807) is 12.3 Å². The number of benzene rings is 1. The van der Waals surface area contributed by atoms with Gasteiger partial charge < -0.3 is 10.1 Å². The van der Waals surface area contributed by atoms with E-state index in [2.05, 4.69) is 10.3 Å². The normalized spacial score (nSPS) is 11.7. The van der Waals surface area contributed by atoms with Crippen LogP contribution in [-0.4, -0.2) is 32.2 Å². The molecule has 1 amide bonds. The molecule has 0 unspecified atom stereocenters. The molecule has 10 heteroatoms. The number of carbonyl (C=O) groups is 2. The molecule has 0 aliphatic rings. The Hall–Kier alpha value is -4.08. The summed E-state index contributed by atoms with van der Waals surface area (Å²) < 4.78 is 6.55. The van der Waals surface area contributed by atoms with Crippen LogP contribution in [0.15, 0.2) is 53.5 Å². The minimum Gasteiger partial charge on any atom is -0.458 e. The third-order valence-electron chi connectivity index (χ3n) is 4.32. The first kappa shape index (κ1) is 20.6. The molecule has 154 valence electrons. The Bertz CT molecular complexity index is 1200. The Morgan fingerprint density at radius 3 is 2.77 bits per heavy atom. The maximum absolute atomic E-state index is 12.2. The van der Waals surface area contributed by atoms with Crippen molar-refractivity contribution in [2.75, 3.05) is 0 Å². The first-order valence-corrected chi connectivity index (χ1v) is 8.96. The molecule has 3 rings (SSSR count). The first-order valence-electron chi connectivity index (χ1n) is 8.96. The number of amides is 1. The molecule has 0 radical (unpaired) electrons. The topological polar surface area (TPSA) is 133 Å². The highest BCUT2D eigenvalue weighted by Crippen LogP contribution is 2.13. The number of nitro benzene ring substituents is 1. The average Bonchev–Trinajstić information content (AvgIpc) is 2.72. The number of nitrogens with zero attached hydrogens (tertiary/aromatic N) is 3. The fraction of sp³-hybridized carbons (Fsp3) is 0.200. The van der Waals surface area contributed by atoms with Crippen molar-refractivity contribution < 1.29 is 19.2 Å². The molecule has 1 atom stereocenters. The molecule has 0 fully saturated rings. The number of esters is 1. The van der Waals surface area contributed by atoms with Crippen molar-refractivity contribution in [2.24, 2.45) is 0 Å². The number of hydrogen-bond acceptors (Lipinski definition) is 7. The molecule has 0 saturated heterocycles. The van der Waals surface area contributed by atoms with Gasteiger partial charge in [0.25, 0.3) is 17.2 Å². The van der Waals surface area contributed by atoms with Crippen molar-refractivity contribution in [1.82, 2.24) is 14.7 Å². The third-order valence-corrected chi connectivity index (χ3v) is 4.32. The predicted octanol–water partition coefficient (Wildman–Crippen LogP) is 1.77. The van der Waals surface area contributed by atoms with Crippen LogP contribution >= 0.6 is 0 Å². The molecule has 10 nitrogen and oxygen atoms in total. The lowest BCUT2D eigenvalue weighted by Gasteiger charge is -2.13. The van der Waals surface area contributed by atoms with Gasteiger partial charge in [0, 0.05) is 30.0 Å². The van der Waals surface area contributed by atoms with Crippen molar-refractivity contribution >= 4 is 23.2 Å². The van der Waals surface area contributed by atoms with Gasteiger partial charge in [-0.3, -0.25) is 24.1 Å². The van der Waals surface area contributed by atoms with Crippen molar-refractivity contribution in [3.63, 3.8) is 0 Å². The van der Waals surface area contributed by atoms with E-state index >= 15 is 0 Å². The molecule has 0 bridgehead atoms. The molecule has 0 aliphatic heterocycles. The fourth-order valence-corrected chi connectivity index (χ4v) is 2.75. The van der Waals surface area contributed by atoms with Crippen LogP contribution < -0.4 is 10.9 Å². The minimum atomic E-state index is -1.01. The fourth-order valence-electron chi connectivity index (χ4n) is 2.75. The van der Waals surface area contributed by atoms with Gasteiger partial charge in [0.1, 0.15) is 18.3 Å². The summed E-state index contributed by atoms with van der Waals surface area (Å²) in [5, 5.41) is 13.2. The maximum Gasteiger partial charge on any atom is 0.328 e.